The van der Waals surface area contributed by atoms with E-state index in [0.29, 0.717) is 68.0 Å². The molecule has 0 amide bonds. The quantitative estimate of drug-likeness (QED) is 0.134. The summed E-state index contributed by atoms with van der Waals surface area (Å²) in [5.74, 6) is 0.431. The molecule has 7 rings (SSSR count). The average Bonchev–Trinajstić information content (AvgIpc) is 3.83. The van der Waals surface area contributed by atoms with Crippen LogP contribution >= 0.6 is 0 Å². The molecule has 2 aromatic heterocycles. The zero-order chi connectivity index (χ0) is 36.7. The number of carboxylic acid groups (broad SMARTS) is 1. The lowest BCUT2D eigenvalue weighted by molar-refractivity contribution is -0.142. The molecule has 0 aliphatic carbocycles. The second-order valence-corrected chi connectivity index (χ2v) is 13.4. The van der Waals surface area contributed by atoms with Crippen LogP contribution in [-0.4, -0.2) is 69.3 Å². The van der Waals surface area contributed by atoms with Crippen molar-refractivity contribution < 1.29 is 45.4 Å². The van der Waals surface area contributed by atoms with Gasteiger partial charge in [0, 0.05) is 55.2 Å². The lowest BCUT2D eigenvalue weighted by Crippen LogP contribution is -2.35. The van der Waals surface area contributed by atoms with E-state index in [1.165, 1.54) is 6.07 Å². The fourth-order valence-corrected chi connectivity index (χ4v) is 7.34. The van der Waals surface area contributed by atoms with Gasteiger partial charge in [0.15, 0.2) is 5.58 Å². The summed E-state index contributed by atoms with van der Waals surface area (Å²) in [5, 5.41) is 9.63. The van der Waals surface area contributed by atoms with Crippen molar-refractivity contribution in [1.29, 1.82) is 0 Å². The Morgan fingerprint density at radius 2 is 1.65 bits per heavy atom. The third-order valence-electron chi connectivity index (χ3n) is 9.97. The Morgan fingerprint density at radius 3 is 2.31 bits per heavy atom. The van der Waals surface area contributed by atoms with Crippen molar-refractivity contribution in [2.24, 2.45) is 0 Å². The number of likely N-dealkylation sites (tertiary alicyclic amines) is 1. The van der Waals surface area contributed by atoms with E-state index in [0.717, 1.165) is 39.3 Å². The smallest absolute Gasteiger partial charge is 0.389 e. The lowest BCUT2D eigenvalue weighted by atomic mass is 9.91. The Hall–Kier alpha value is -4.82. The molecular formula is C38H37F5N4O5. The molecule has 1 atom stereocenters. The van der Waals surface area contributed by atoms with Crippen molar-refractivity contribution in [3.8, 4) is 39.8 Å². The predicted molar refractivity (Wildman–Crippen MR) is 182 cm³/mol. The van der Waals surface area contributed by atoms with Gasteiger partial charge >= 0.3 is 18.8 Å². The molecule has 0 spiro atoms. The number of aliphatic carboxylic acids is 1. The number of aromatic nitrogens is 2. The zero-order valence-corrected chi connectivity index (χ0v) is 28.6. The van der Waals surface area contributed by atoms with Crippen molar-refractivity contribution in [2.75, 3.05) is 19.6 Å². The summed E-state index contributed by atoms with van der Waals surface area (Å²) in [5.41, 5.74) is 6.90. The summed E-state index contributed by atoms with van der Waals surface area (Å²) < 4.78 is 82.1. The number of nitrogens with zero attached hydrogens (tertiary/aromatic N) is 4. The molecule has 14 heteroatoms. The van der Waals surface area contributed by atoms with Crippen molar-refractivity contribution in [3.63, 3.8) is 0 Å². The molecule has 274 valence electrons. The number of halogens is 5. The van der Waals surface area contributed by atoms with Crippen LogP contribution in [0.15, 0.2) is 57.4 Å². The van der Waals surface area contributed by atoms with Gasteiger partial charge in [-0.2, -0.15) is 22.0 Å². The maximum Gasteiger partial charge on any atom is 0.389 e. The summed E-state index contributed by atoms with van der Waals surface area (Å²) in [6.07, 6.45) is -3.22. The molecule has 0 bridgehead atoms. The first-order valence-corrected chi connectivity index (χ1v) is 17.2. The monoisotopic (exact) mass is 724 g/mol. The van der Waals surface area contributed by atoms with E-state index in [1.54, 1.807) is 11.0 Å². The van der Waals surface area contributed by atoms with Crippen LogP contribution in [0.25, 0.3) is 45.1 Å². The van der Waals surface area contributed by atoms with Crippen molar-refractivity contribution in [2.45, 2.75) is 77.9 Å². The highest BCUT2D eigenvalue weighted by Crippen LogP contribution is 2.39. The maximum atomic E-state index is 13.4. The molecule has 0 radical (unpaired) electrons. The van der Waals surface area contributed by atoms with E-state index in [4.69, 9.17) is 23.5 Å². The minimum atomic E-state index is -4.17. The van der Waals surface area contributed by atoms with Gasteiger partial charge in [-0.25, -0.2) is 9.97 Å². The number of alkyl halides is 5. The fraction of sp³-hybridized carbons (Fsp3) is 0.395. The normalized spacial score (nSPS) is 17.0. The molecule has 1 fully saturated rings. The van der Waals surface area contributed by atoms with Gasteiger partial charge in [-0.1, -0.05) is 24.3 Å². The number of fused-ring (bicyclic) bond motifs is 2. The number of benzene rings is 3. The van der Waals surface area contributed by atoms with E-state index in [9.17, 15) is 31.9 Å². The van der Waals surface area contributed by atoms with Gasteiger partial charge in [-0.05, 0) is 86.7 Å². The van der Waals surface area contributed by atoms with Crippen LogP contribution in [-0.2, 0) is 24.3 Å². The minimum absolute atomic E-state index is 0.0373. The van der Waals surface area contributed by atoms with Gasteiger partial charge in [0.2, 0.25) is 11.8 Å². The zero-order valence-electron chi connectivity index (χ0n) is 28.6. The Labute approximate surface area is 296 Å². The van der Waals surface area contributed by atoms with Gasteiger partial charge in [0.05, 0.1) is 5.69 Å². The third-order valence-corrected chi connectivity index (χ3v) is 9.97. The van der Waals surface area contributed by atoms with E-state index >= 15 is 0 Å². The summed E-state index contributed by atoms with van der Waals surface area (Å²) in [4.78, 5) is 25.0. The number of hydrogen-bond donors (Lipinski definition) is 1. The standard InChI is InChI=1S/C38H37F5N4O5/c1-21-24(25-8-4-10-27(22(25)2)35-45-29-20-46(16-12-31(29)50-35)14-6-13-38(41,42)43)7-3-9-26(21)34-44-28-17-23(19-47-15-5-11-30(47)36(48)49)32(52-37(39)40)18-33(28)51-34/h3-4,7-10,17-18,30,37H,5-6,11-16,19-20H2,1-2H3,(H,48,49)/t30-/m0/s1. The molecule has 4 heterocycles. The van der Waals surface area contributed by atoms with E-state index in [-0.39, 0.29) is 30.2 Å². The number of carboxylic acids is 1. The SMILES string of the molecule is Cc1c(-c2nc3c(o2)CCN(CCCC(F)(F)F)C3)cccc1-c1cccc(-c2nc3cc(CN4CCC[C@H]4C(=O)O)c(OC(F)F)cc3o2)c1C. The Balaban J connectivity index is 1.17. The largest absolute Gasteiger partial charge is 0.480 e. The van der Waals surface area contributed by atoms with Gasteiger partial charge < -0.3 is 18.7 Å². The van der Waals surface area contributed by atoms with Crippen LogP contribution in [0, 0.1) is 13.8 Å². The first kappa shape index (κ1) is 35.6. The lowest BCUT2D eigenvalue weighted by Gasteiger charge is -2.25. The van der Waals surface area contributed by atoms with Gasteiger partial charge in [0.1, 0.15) is 23.1 Å². The average molecular weight is 725 g/mol. The van der Waals surface area contributed by atoms with E-state index in [2.05, 4.69) is 0 Å². The highest BCUT2D eigenvalue weighted by atomic mass is 19.4. The van der Waals surface area contributed by atoms with Crippen molar-refractivity contribution in [1.82, 2.24) is 19.8 Å². The van der Waals surface area contributed by atoms with Crippen LogP contribution in [0.2, 0.25) is 0 Å². The van der Waals surface area contributed by atoms with Gasteiger partial charge in [-0.3, -0.25) is 14.6 Å². The summed E-state index contributed by atoms with van der Waals surface area (Å²) in [7, 11) is 0. The summed E-state index contributed by atoms with van der Waals surface area (Å²) in [6, 6.07) is 13.8. The van der Waals surface area contributed by atoms with Crippen LogP contribution in [0.4, 0.5) is 22.0 Å². The molecule has 1 N–H and O–H groups in total. The van der Waals surface area contributed by atoms with Gasteiger partial charge in [0.25, 0.3) is 0 Å². The second-order valence-electron chi connectivity index (χ2n) is 13.4. The highest BCUT2D eigenvalue weighted by molar-refractivity contribution is 5.84. The first-order valence-electron chi connectivity index (χ1n) is 17.2. The second kappa shape index (κ2) is 14.3. The van der Waals surface area contributed by atoms with Crippen LogP contribution in [0.1, 0.15) is 53.8 Å². The van der Waals surface area contributed by atoms with E-state index in [1.807, 2.05) is 55.1 Å². The summed E-state index contributed by atoms with van der Waals surface area (Å²) >= 11 is 0. The number of hydrogen-bond acceptors (Lipinski definition) is 8. The predicted octanol–water partition coefficient (Wildman–Crippen LogP) is 8.78. The molecule has 52 heavy (non-hydrogen) atoms. The van der Waals surface area contributed by atoms with E-state index < -0.39 is 31.2 Å². The Bertz CT molecular complexity index is 2110. The Kier molecular flexibility index (Phi) is 9.79. The molecular weight excluding hydrogens is 687 g/mol. The van der Waals surface area contributed by atoms with Crippen molar-refractivity contribution >= 4 is 17.1 Å². The molecule has 2 aliphatic rings. The molecule has 0 saturated carbocycles. The fourth-order valence-electron chi connectivity index (χ4n) is 7.34. The summed E-state index contributed by atoms with van der Waals surface area (Å²) in [6.45, 7) is 2.83. The Morgan fingerprint density at radius 1 is 0.981 bits per heavy atom. The molecule has 0 unspecified atom stereocenters. The topological polar surface area (TPSA) is 105 Å². The number of oxazole rings is 2. The molecule has 3 aromatic carbocycles. The minimum Gasteiger partial charge on any atom is -0.480 e. The number of ether oxygens (including phenoxy) is 1. The molecule has 1 saturated heterocycles. The maximum absolute atomic E-state index is 13.4. The molecule has 2 aliphatic heterocycles. The number of carbonyl (C=O) groups is 1. The van der Waals surface area contributed by atoms with Crippen LogP contribution < -0.4 is 4.74 Å². The highest BCUT2D eigenvalue weighted by Gasteiger charge is 2.32. The van der Waals surface area contributed by atoms with Crippen LogP contribution in [0.5, 0.6) is 5.75 Å². The van der Waals surface area contributed by atoms with Crippen LogP contribution in [0.3, 0.4) is 0 Å². The number of rotatable bonds is 11. The van der Waals surface area contributed by atoms with Gasteiger partial charge in [-0.15, -0.1) is 0 Å². The van der Waals surface area contributed by atoms with Crippen molar-refractivity contribution in [3.05, 3.63) is 76.7 Å². The first-order chi connectivity index (χ1) is 24.8. The molecule has 9 nitrogen and oxygen atoms in total. The molecule has 5 aromatic rings. The third kappa shape index (κ3) is 7.40.